The van der Waals surface area contributed by atoms with Crippen LogP contribution in [0.15, 0.2) is 0 Å². The van der Waals surface area contributed by atoms with Crippen molar-refractivity contribution in [3.63, 3.8) is 0 Å². The molecule has 0 aromatic heterocycles. The number of aliphatic hydroxyl groups is 1. The van der Waals surface area contributed by atoms with Crippen LogP contribution >= 0.6 is 0 Å². The van der Waals surface area contributed by atoms with E-state index in [1.165, 1.54) is 6.92 Å². The highest BCUT2D eigenvalue weighted by molar-refractivity contribution is 7.88. The number of carbonyl (C=O) groups is 2. The first-order chi connectivity index (χ1) is 18.7. The van der Waals surface area contributed by atoms with E-state index in [1.807, 2.05) is 20.8 Å². The molecule has 1 aliphatic heterocycles. The van der Waals surface area contributed by atoms with Gasteiger partial charge in [0.25, 0.3) is 0 Å². The summed E-state index contributed by atoms with van der Waals surface area (Å²) in [4.78, 5) is 25.5. The lowest BCUT2D eigenvalue weighted by atomic mass is 9.75. The maximum Gasteiger partial charge on any atom is 0.534 e. The summed E-state index contributed by atoms with van der Waals surface area (Å²) in [6.45, 7) is 7.08. The lowest BCUT2D eigenvalue weighted by Crippen LogP contribution is -2.44. The van der Waals surface area contributed by atoms with Crippen LogP contribution in [0, 0.1) is 31.6 Å². The van der Waals surface area contributed by atoms with E-state index in [9.17, 15) is 49.5 Å². The third-order valence-corrected chi connectivity index (χ3v) is 8.92. The molecule has 15 heteroatoms. The van der Waals surface area contributed by atoms with Gasteiger partial charge in [0.1, 0.15) is 6.10 Å². The van der Waals surface area contributed by atoms with Crippen LogP contribution in [0.5, 0.6) is 5.75 Å². The first-order valence-corrected chi connectivity index (χ1v) is 14.5. The van der Waals surface area contributed by atoms with Gasteiger partial charge in [-0.3, -0.25) is 4.79 Å². The number of fused-ring (bicyclic) bond motifs is 1. The monoisotopic (exact) mass is 617 g/mol. The Balaban J connectivity index is 2.11. The summed E-state index contributed by atoms with van der Waals surface area (Å²) in [5.74, 6) is -4.20. The van der Waals surface area contributed by atoms with Crippen molar-refractivity contribution in [2.75, 3.05) is 6.54 Å². The molecule has 0 bridgehead atoms. The summed E-state index contributed by atoms with van der Waals surface area (Å²) in [6, 6.07) is 0. The lowest BCUT2D eigenvalue weighted by molar-refractivity contribution is -0.186. The summed E-state index contributed by atoms with van der Waals surface area (Å²) < 4.78 is 113. The van der Waals surface area contributed by atoms with Gasteiger partial charge in [0.2, 0.25) is 0 Å². The molecule has 8 nitrogen and oxygen atoms in total. The number of esters is 1. The molecule has 1 fully saturated rings. The Labute approximate surface area is 234 Å². The van der Waals surface area contributed by atoms with E-state index in [0.29, 0.717) is 11.3 Å². The van der Waals surface area contributed by atoms with Crippen LogP contribution in [0.25, 0.3) is 0 Å². The highest BCUT2D eigenvalue weighted by Crippen LogP contribution is 2.43. The van der Waals surface area contributed by atoms with Crippen molar-refractivity contribution in [3.8, 4) is 5.75 Å². The maximum atomic E-state index is 13.3. The molecule has 4 atom stereocenters. The molecule has 232 valence electrons. The van der Waals surface area contributed by atoms with E-state index in [0.717, 1.165) is 19.8 Å². The van der Waals surface area contributed by atoms with Crippen LogP contribution in [0.4, 0.5) is 26.3 Å². The van der Waals surface area contributed by atoms with Crippen LogP contribution < -0.4 is 4.18 Å². The normalized spacial score (nSPS) is 22.8. The fourth-order valence-electron chi connectivity index (χ4n) is 5.72. The number of halogens is 6. The van der Waals surface area contributed by atoms with Gasteiger partial charge in [-0.1, -0.05) is 27.2 Å². The van der Waals surface area contributed by atoms with Crippen LogP contribution in [-0.2, 0) is 37.4 Å². The molecule has 0 saturated heterocycles. The summed E-state index contributed by atoms with van der Waals surface area (Å²) >= 11 is 0. The predicted molar refractivity (Wildman–Crippen MR) is 133 cm³/mol. The van der Waals surface area contributed by atoms with Gasteiger partial charge in [-0.05, 0) is 73.1 Å². The quantitative estimate of drug-likeness (QED) is 0.207. The minimum Gasteiger partial charge on any atom is -0.460 e. The molecule has 41 heavy (non-hydrogen) atoms. The largest absolute Gasteiger partial charge is 0.534 e. The number of aliphatic hydroxyl groups excluding tert-OH is 1. The Hall–Kier alpha value is -2.55. The van der Waals surface area contributed by atoms with Gasteiger partial charge in [0.05, 0.1) is 0 Å². The number of benzene rings is 1. The standard InChI is InChI=1S/C26H33F6NO7S/c1-12(2)16-7-6-13(3)10-19(16)39-23(35)21(34)20-14(4)17-8-9-33(24(36)25(27,28)29)11-18(17)15(5)22(20)40-41(37,38)26(30,31)32/h12-13,16,19,21,34H,6-11H2,1-5H3/t13-,16+,19-,21+/m1/s1. The van der Waals surface area contributed by atoms with Crippen LogP contribution in [0.1, 0.15) is 74.0 Å². The van der Waals surface area contributed by atoms with Crippen molar-refractivity contribution in [1.82, 2.24) is 4.90 Å². The van der Waals surface area contributed by atoms with Gasteiger partial charge in [-0.25, -0.2) is 4.79 Å². The first-order valence-electron chi connectivity index (χ1n) is 13.1. The second-order valence-corrected chi connectivity index (χ2v) is 12.6. The van der Waals surface area contributed by atoms with Crippen molar-refractivity contribution in [2.24, 2.45) is 17.8 Å². The SMILES string of the molecule is Cc1c2c(c(C)c([C@H](O)C(=O)O[C@@H]3C[C@H](C)CC[C@H]3C(C)C)c1OS(=O)(=O)C(F)(F)F)CCN(C(=O)C(F)(F)F)C2. The number of alkyl halides is 6. The predicted octanol–water partition coefficient (Wildman–Crippen LogP) is 5.02. The van der Waals surface area contributed by atoms with E-state index in [1.54, 1.807) is 0 Å². The van der Waals surface area contributed by atoms with E-state index in [2.05, 4.69) is 4.18 Å². The average Bonchev–Trinajstić information content (AvgIpc) is 2.84. The molecule has 1 aliphatic carbocycles. The molecule has 2 aliphatic rings. The zero-order chi connectivity index (χ0) is 31.2. The summed E-state index contributed by atoms with van der Waals surface area (Å²) in [5, 5.41) is 11.1. The van der Waals surface area contributed by atoms with Crippen molar-refractivity contribution in [1.29, 1.82) is 0 Å². The number of amides is 1. The van der Waals surface area contributed by atoms with E-state index in [-0.39, 0.29) is 46.4 Å². The van der Waals surface area contributed by atoms with Crippen LogP contribution in [0.3, 0.4) is 0 Å². The smallest absolute Gasteiger partial charge is 0.460 e. The molecule has 0 unspecified atom stereocenters. The highest BCUT2D eigenvalue weighted by Gasteiger charge is 2.50. The van der Waals surface area contributed by atoms with Crippen LogP contribution in [-0.4, -0.2) is 54.6 Å². The second-order valence-electron chi connectivity index (χ2n) is 11.1. The summed E-state index contributed by atoms with van der Waals surface area (Å²) in [6.07, 6.45) is -6.18. The number of rotatable bonds is 6. The molecular weight excluding hydrogens is 584 g/mol. The van der Waals surface area contributed by atoms with E-state index in [4.69, 9.17) is 4.74 Å². The van der Waals surface area contributed by atoms with Gasteiger partial charge in [0.15, 0.2) is 11.9 Å². The van der Waals surface area contributed by atoms with Gasteiger partial charge < -0.3 is 18.9 Å². The average molecular weight is 618 g/mol. The Morgan fingerprint density at radius 3 is 2.17 bits per heavy atom. The zero-order valence-electron chi connectivity index (χ0n) is 23.1. The molecule has 1 N–H and O–H groups in total. The molecule has 1 saturated carbocycles. The lowest BCUT2D eigenvalue weighted by Gasteiger charge is -2.37. The Morgan fingerprint density at radius 2 is 1.63 bits per heavy atom. The Morgan fingerprint density at radius 1 is 1.02 bits per heavy atom. The van der Waals surface area contributed by atoms with E-state index >= 15 is 0 Å². The maximum absolute atomic E-state index is 13.3. The van der Waals surface area contributed by atoms with Gasteiger partial charge in [0, 0.05) is 18.7 Å². The first kappa shape index (κ1) is 33.0. The van der Waals surface area contributed by atoms with Crippen molar-refractivity contribution < 1.29 is 58.4 Å². The van der Waals surface area contributed by atoms with Gasteiger partial charge >= 0.3 is 33.7 Å². The fraction of sp³-hybridized carbons (Fsp3) is 0.692. The molecule has 1 aromatic carbocycles. The van der Waals surface area contributed by atoms with Crippen molar-refractivity contribution >= 4 is 22.0 Å². The Bertz CT molecular complexity index is 1290. The van der Waals surface area contributed by atoms with Crippen LogP contribution in [0.2, 0.25) is 0 Å². The molecule has 1 heterocycles. The third-order valence-electron chi connectivity index (χ3n) is 7.97. The second kappa shape index (κ2) is 11.6. The topological polar surface area (TPSA) is 110 Å². The van der Waals surface area contributed by atoms with E-state index < -0.39 is 70.3 Å². The minimum atomic E-state index is -6.33. The van der Waals surface area contributed by atoms with Gasteiger partial charge in [-0.15, -0.1) is 0 Å². The van der Waals surface area contributed by atoms with Crippen molar-refractivity contribution in [3.05, 3.63) is 27.8 Å². The zero-order valence-corrected chi connectivity index (χ0v) is 24.0. The fourth-order valence-corrected chi connectivity index (χ4v) is 6.25. The molecule has 0 radical (unpaired) electrons. The number of ether oxygens (including phenoxy) is 1. The van der Waals surface area contributed by atoms with Gasteiger partial charge in [-0.2, -0.15) is 34.8 Å². The molecule has 3 rings (SSSR count). The molecule has 1 amide bonds. The number of carbonyl (C=O) groups excluding carboxylic acids is 2. The number of nitrogens with zero attached hydrogens (tertiary/aromatic N) is 1. The highest BCUT2D eigenvalue weighted by atomic mass is 32.2. The number of hydrogen-bond acceptors (Lipinski definition) is 7. The minimum absolute atomic E-state index is 0.0489. The summed E-state index contributed by atoms with van der Waals surface area (Å²) in [7, 11) is -6.33. The molecular formula is C26H33F6NO7S. The molecule has 0 spiro atoms. The third kappa shape index (κ3) is 6.76. The number of hydrogen-bond donors (Lipinski definition) is 1. The summed E-state index contributed by atoms with van der Waals surface area (Å²) in [5.41, 5.74) is -6.75. The van der Waals surface area contributed by atoms with Crippen molar-refractivity contribution in [2.45, 2.75) is 90.7 Å². The molecule has 1 aromatic rings. The Kier molecular flexibility index (Phi) is 9.34.